The highest BCUT2D eigenvalue weighted by atomic mass is 79.9. The topological polar surface area (TPSA) is 262 Å². The van der Waals surface area contributed by atoms with Crippen molar-refractivity contribution in [3.05, 3.63) is 72.3 Å². The Morgan fingerprint density at radius 1 is 0.820 bits per heavy atom. The van der Waals surface area contributed by atoms with Crippen LogP contribution in [0.5, 0.6) is 0 Å². The molecule has 328 valence electrons. The number of ether oxygens (including phenoxy) is 3. The van der Waals surface area contributed by atoms with E-state index in [0.717, 1.165) is 6.26 Å². The molecule has 0 saturated heterocycles. The van der Waals surface area contributed by atoms with E-state index in [2.05, 4.69) is 51.8 Å². The molecule has 4 aromatic heterocycles. The average Bonchev–Trinajstić information content (AvgIpc) is 4.08. The van der Waals surface area contributed by atoms with Gasteiger partial charge in [-0.3, -0.25) is 19.2 Å². The molecule has 4 amide bonds. The van der Waals surface area contributed by atoms with Gasteiger partial charge in [-0.25, -0.2) is 19.9 Å². The fourth-order valence-electron chi connectivity index (χ4n) is 5.85. The third-order valence-corrected chi connectivity index (χ3v) is 10.3. The molecule has 0 saturated carbocycles. The molecule has 1 unspecified atom stereocenters. The predicted molar refractivity (Wildman–Crippen MR) is 222 cm³/mol. The molecule has 0 bridgehead atoms. The number of amides is 4. The van der Waals surface area contributed by atoms with Gasteiger partial charge in [0, 0.05) is 19.8 Å². The minimum Gasteiger partial charge on any atom is -0.446 e. The van der Waals surface area contributed by atoms with Crippen molar-refractivity contribution in [2.75, 3.05) is 26.2 Å². The van der Waals surface area contributed by atoms with E-state index in [0.29, 0.717) is 12.0 Å². The van der Waals surface area contributed by atoms with Gasteiger partial charge in [0.25, 0.3) is 23.5 Å². The van der Waals surface area contributed by atoms with Crippen LogP contribution >= 0.6 is 15.9 Å². The number of oxazole rings is 4. The van der Waals surface area contributed by atoms with E-state index < -0.39 is 65.0 Å². The summed E-state index contributed by atoms with van der Waals surface area (Å²) in [6.45, 7) is 12.7. The summed E-state index contributed by atoms with van der Waals surface area (Å²) < 4.78 is 39.9. The second-order valence-electron chi connectivity index (χ2n) is 15.4. The first kappa shape index (κ1) is 46.4. The van der Waals surface area contributed by atoms with Gasteiger partial charge in [0.05, 0.1) is 17.5 Å². The molecule has 4 atom stereocenters. The molecule has 0 aliphatic heterocycles. The zero-order valence-electron chi connectivity index (χ0n) is 35.4. The van der Waals surface area contributed by atoms with Crippen molar-refractivity contribution >= 4 is 39.6 Å². The second kappa shape index (κ2) is 19.8. The number of carbonyl (C=O) groups is 4. The lowest BCUT2D eigenvalue weighted by Gasteiger charge is -2.29. The Labute approximate surface area is 360 Å². The number of nitrogens with zero attached hydrogens (tertiary/aromatic N) is 4. The number of alkyl halides is 1. The standard InChI is InChI=1S/C41H51BrN8O11/c1-10-22(4)29(49-35(54)30-31(23-14-12-11-13-15-23)61-38(50-30)26-18-59-39(47-26)41(20-42,55-8)56-9)34(53)48-28(21(2)3)33(52)44-27(19-60-40(5,6)7)37-46-25(17-58-37)36-45-24(16-57-36)32(43)51/h11-18,21-22,27-29H,10,19-20H2,1-9H3,(H2,43,51)(H,44,52)(H,48,53)(H,49,54)/t22-,27?,28-,29+/m0/s1. The average molecular weight is 912 g/mol. The number of aromatic nitrogens is 4. The Morgan fingerprint density at radius 2 is 1.48 bits per heavy atom. The van der Waals surface area contributed by atoms with E-state index in [4.69, 9.17) is 37.6 Å². The van der Waals surface area contributed by atoms with Gasteiger partial charge in [-0.05, 0) is 32.6 Å². The minimum absolute atomic E-state index is 0.0217. The first-order chi connectivity index (χ1) is 28.9. The molecule has 5 aromatic rings. The molecule has 0 fully saturated rings. The number of rotatable bonds is 20. The normalized spacial score (nSPS) is 14.0. The molecule has 19 nitrogen and oxygen atoms in total. The van der Waals surface area contributed by atoms with E-state index in [-0.39, 0.29) is 64.0 Å². The van der Waals surface area contributed by atoms with Gasteiger partial charge < -0.3 is 53.6 Å². The fraction of sp³-hybridized carbons (Fsp3) is 0.463. The third kappa shape index (κ3) is 11.0. The lowest BCUT2D eigenvalue weighted by Crippen LogP contribution is -2.57. The number of primary amides is 1. The van der Waals surface area contributed by atoms with E-state index in [1.165, 1.54) is 26.7 Å². The number of benzene rings is 1. The van der Waals surface area contributed by atoms with Crippen LogP contribution in [0.3, 0.4) is 0 Å². The Hall–Kier alpha value is -5.70. The van der Waals surface area contributed by atoms with Gasteiger partial charge in [-0.15, -0.1) is 0 Å². The van der Waals surface area contributed by atoms with Crippen LogP contribution in [0.25, 0.3) is 34.5 Å². The summed E-state index contributed by atoms with van der Waals surface area (Å²) in [6.07, 6.45) is 4.15. The zero-order chi connectivity index (χ0) is 44.6. The molecule has 5 N–H and O–H groups in total. The first-order valence-corrected chi connectivity index (χ1v) is 20.5. The predicted octanol–water partition coefficient (Wildman–Crippen LogP) is 5.54. The Morgan fingerprint density at radius 3 is 2.07 bits per heavy atom. The Bertz CT molecular complexity index is 2260. The van der Waals surface area contributed by atoms with Crippen LogP contribution < -0.4 is 21.7 Å². The Kier molecular flexibility index (Phi) is 15.0. The molecule has 61 heavy (non-hydrogen) atoms. The maximum absolute atomic E-state index is 14.2. The summed E-state index contributed by atoms with van der Waals surface area (Å²) in [5, 5.41) is 8.79. The molecule has 0 aliphatic carbocycles. The highest BCUT2D eigenvalue weighted by Gasteiger charge is 2.39. The van der Waals surface area contributed by atoms with E-state index in [1.807, 2.05) is 33.8 Å². The molecular formula is C41H51BrN8O11. The number of nitrogens with one attached hydrogen (secondary N) is 3. The van der Waals surface area contributed by atoms with Gasteiger partial charge in [0.1, 0.15) is 36.9 Å². The highest BCUT2D eigenvalue weighted by Crippen LogP contribution is 2.33. The fourth-order valence-corrected chi connectivity index (χ4v) is 6.55. The maximum Gasteiger partial charge on any atom is 0.274 e. The smallest absolute Gasteiger partial charge is 0.274 e. The summed E-state index contributed by atoms with van der Waals surface area (Å²) in [5.41, 5.74) is 5.33. The number of nitrogens with two attached hydrogens (primary N) is 1. The van der Waals surface area contributed by atoms with Crippen LogP contribution in [0.4, 0.5) is 0 Å². The van der Waals surface area contributed by atoms with Crippen molar-refractivity contribution in [1.29, 1.82) is 0 Å². The molecule has 1 aromatic carbocycles. The summed E-state index contributed by atoms with van der Waals surface area (Å²) in [5.74, 6) is -4.63. The SMILES string of the molecule is CC[C@H](C)[C@@H](NC(=O)c1nc(-c2coc(C(CBr)(OC)OC)n2)oc1-c1ccccc1)C(=O)N[C@H](C(=O)NC(COC(C)(C)C)c1nc(-c2nc(C(N)=O)co2)co1)C(C)C. The molecule has 0 aliphatic rings. The van der Waals surface area contributed by atoms with E-state index in [9.17, 15) is 19.2 Å². The summed E-state index contributed by atoms with van der Waals surface area (Å²) in [6, 6.07) is 5.73. The van der Waals surface area contributed by atoms with Crippen molar-refractivity contribution in [2.45, 2.75) is 84.4 Å². The first-order valence-electron chi connectivity index (χ1n) is 19.4. The zero-order valence-corrected chi connectivity index (χ0v) is 36.9. The Balaban J connectivity index is 1.39. The van der Waals surface area contributed by atoms with Crippen LogP contribution in [0.1, 0.15) is 93.7 Å². The van der Waals surface area contributed by atoms with Crippen molar-refractivity contribution < 1.29 is 51.1 Å². The number of hydrogen-bond donors (Lipinski definition) is 4. The van der Waals surface area contributed by atoms with Crippen molar-refractivity contribution in [3.63, 3.8) is 0 Å². The second-order valence-corrected chi connectivity index (χ2v) is 16.0. The minimum atomic E-state index is -1.34. The third-order valence-electron chi connectivity index (χ3n) is 9.59. The van der Waals surface area contributed by atoms with Gasteiger partial charge in [-0.1, -0.05) is 80.4 Å². The largest absolute Gasteiger partial charge is 0.446 e. The van der Waals surface area contributed by atoms with Gasteiger partial charge in [-0.2, -0.15) is 0 Å². The van der Waals surface area contributed by atoms with Crippen LogP contribution in [0.15, 0.2) is 66.8 Å². The van der Waals surface area contributed by atoms with Crippen LogP contribution in [0, 0.1) is 11.8 Å². The molecular weight excluding hydrogens is 860 g/mol. The molecule has 20 heteroatoms. The summed E-state index contributed by atoms with van der Waals surface area (Å²) >= 11 is 3.36. The molecule has 0 spiro atoms. The number of methoxy groups -OCH3 is 2. The lowest BCUT2D eigenvalue weighted by molar-refractivity contribution is -0.211. The number of halogens is 1. The maximum atomic E-state index is 14.2. The quantitative estimate of drug-likeness (QED) is 0.0552. The van der Waals surface area contributed by atoms with Crippen molar-refractivity contribution in [2.24, 2.45) is 17.6 Å². The molecule has 5 rings (SSSR count). The van der Waals surface area contributed by atoms with Crippen LogP contribution in [-0.4, -0.2) is 87.4 Å². The van der Waals surface area contributed by atoms with Crippen LogP contribution in [0.2, 0.25) is 0 Å². The van der Waals surface area contributed by atoms with Gasteiger partial charge in [0.2, 0.25) is 29.5 Å². The number of hydrogen-bond acceptors (Lipinski definition) is 15. The van der Waals surface area contributed by atoms with Crippen molar-refractivity contribution in [3.8, 4) is 34.5 Å². The monoisotopic (exact) mass is 910 g/mol. The van der Waals surface area contributed by atoms with E-state index >= 15 is 0 Å². The molecule has 0 radical (unpaired) electrons. The number of carbonyl (C=O) groups excluding carboxylic acids is 4. The summed E-state index contributed by atoms with van der Waals surface area (Å²) in [4.78, 5) is 71.5. The summed E-state index contributed by atoms with van der Waals surface area (Å²) in [7, 11) is 2.88. The lowest BCUT2D eigenvalue weighted by atomic mass is 9.96. The van der Waals surface area contributed by atoms with Crippen molar-refractivity contribution in [1.82, 2.24) is 35.9 Å². The van der Waals surface area contributed by atoms with Gasteiger partial charge in [0.15, 0.2) is 28.5 Å². The van der Waals surface area contributed by atoms with Gasteiger partial charge >= 0.3 is 0 Å². The van der Waals surface area contributed by atoms with E-state index in [1.54, 1.807) is 45.0 Å². The van der Waals surface area contributed by atoms with Crippen LogP contribution in [-0.2, 0) is 29.6 Å². The molecule has 4 heterocycles. The highest BCUT2D eigenvalue weighted by molar-refractivity contribution is 9.09.